The van der Waals surface area contributed by atoms with E-state index in [1.807, 2.05) is 0 Å². The minimum Gasteiger partial charge on any atom is -0.321 e. The molecule has 6 nitrogen and oxygen atoms in total. The van der Waals surface area contributed by atoms with Crippen molar-refractivity contribution >= 4 is 32.5 Å². The summed E-state index contributed by atoms with van der Waals surface area (Å²) in [6.07, 6.45) is 1.72. The summed E-state index contributed by atoms with van der Waals surface area (Å²) in [5, 5.41) is 3.27. The third-order valence-corrected chi connectivity index (χ3v) is 6.88. The Morgan fingerprint density at radius 2 is 1.76 bits per heavy atom. The van der Waals surface area contributed by atoms with Crippen molar-refractivity contribution in [3.8, 4) is 0 Å². The maximum Gasteiger partial charge on any atom is 0.255 e. The SMILES string of the molecule is Cc1cc(NC(=O)c2ccc(S(=O)(=O)N3CCCC3)cc2)c2cc(F)ccc2n1. The molecular formula is C21H20FN3O3S. The molecule has 1 amide bonds. The second kappa shape index (κ2) is 7.53. The fourth-order valence-electron chi connectivity index (χ4n) is 3.48. The Bertz CT molecular complexity index is 1190. The third kappa shape index (κ3) is 3.86. The van der Waals surface area contributed by atoms with E-state index in [1.165, 1.54) is 40.7 Å². The molecule has 150 valence electrons. The number of nitrogens with zero attached hydrogens (tertiary/aromatic N) is 2. The number of amides is 1. The highest BCUT2D eigenvalue weighted by molar-refractivity contribution is 7.89. The predicted molar refractivity (Wildman–Crippen MR) is 109 cm³/mol. The summed E-state index contributed by atoms with van der Waals surface area (Å²) in [6.45, 7) is 2.83. The molecule has 0 bridgehead atoms. The van der Waals surface area contributed by atoms with E-state index in [0.717, 1.165) is 12.8 Å². The Morgan fingerprint density at radius 3 is 2.45 bits per heavy atom. The molecule has 29 heavy (non-hydrogen) atoms. The second-order valence-electron chi connectivity index (χ2n) is 7.06. The molecule has 0 aliphatic carbocycles. The van der Waals surface area contributed by atoms with Crippen molar-refractivity contribution in [2.45, 2.75) is 24.7 Å². The molecule has 0 unspecified atom stereocenters. The van der Waals surface area contributed by atoms with Gasteiger partial charge < -0.3 is 5.32 Å². The molecule has 1 aromatic heterocycles. The number of aromatic nitrogens is 1. The number of sulfonamides is 1. The van der Waals surface area contributed by atoms with Gasteiger partial charge in [0.15, 0.2) is 0 Å². The second-order valence-corrected chi connectivity index (χ2v) is 9.00. The molecule has 2 heterocycles. The zero-order valence-electron chi connectivity index (χ0n) is 15.9. The molecule has 3 aromatic rings. The fourth-order valence-corrected chi connectivity index (χ4v) is 5.00. The number of halogens is 1. The molecule has 1 aliphatic heterocycles. The van der Waals surface area contributed by atoms with Gasteiger partial charge in [-0.25, -0.2) is 12.8 Å². The summed E-state index contributed by atoms with van der Waals surface area (Å²) in [5.41, 5.74) is 2.02. The van der Waals surface area contributed by atoms with Crippen LogP contribution in [0.5, 0.6) is 0 Å². The minimum absolute atomic E-state index is 0.170. The molecule has 1 saturated heterocycles. The number of benzene rings is 2. The lowest BCUT2D eigenvalue weighted by Gasteiger charge is -2.15. The first-order valence-corrected chi connectivity index (χ1v) is 10.8. The average Bonchev–Trinajstić information content (AvgIpc) is 3.24. The first kappa shape index (κ1) is 19.5. The summed E-state index contributed by atoms with van der Waals surface area (Å²) in [6, 6.07) is 11.7. The molecule has 2 aromatic carbocycles. The van der Waals surface area contributed by atoms with Gasteiger partial charge in [0, 0.05) is 29.7 Å². The van der Waals surface area contributed by atoms with Crippen LogP contribution in [0.4, 0.5) is 10.1 Å². The van der Waals surface area contributed by atoms with Gasteiger partial charge in [0.2, 0.25) is 10.0 Å². The zero-order chi connectivity index (χ0) is 20.6. The average molecular weight is 413 g/mol. The number of fused-ring (bicyclic) bond motifs is 1. The van der Waals surface area contributed by atoms with E-state index in [2.05, 4.69) is 10.3 Å². The molecule has 8 heteroatoms. The molecule has 0 saturated carbocycles. The summed E-state index contributed by atoms with van der Waals surface area (Å²) in [7, 11) is -3.53. The smallest absolute Gasteiger partial charge is 0.255 e. The third-order valence-electron chi connectivity index (χ3n) is 4.97. The van der Waals surface area contributed by atoms with E-state index in [1.54, 1.807) is 19.1 Å². The molecule has 4 rings (SSSR count). The van der Waals surface area contributed by atoms with Gasteiger partial charge in [0.05, 0.1) is 16.1 Å². The number of rotatable bonds is 4. The van der Waals surface area contributed by atoms with Gasteiger partial charge in [-0.3, -0.25) is 9.78 Å². The highest BCUT2D eigenvalue weighted by atomic mass is 32.2. The van der Waals surface area contributed by atoms with Crippen molar-refractivity contribution in [2.24, 2.45) is 0 Å². The number of nitrogens with one attached hydrogen (secondary N) is 1. The summed E-state index contributed by atoms with van der Waals surface area (Å²) in [5.74, 6) is -0.832. The Labute approximate surface area is 168 Å². The van der Waals surface area contributed by atoms with Crippen LogP contribution >= 0.6 is 0 Å². The zero-order valence-corrected chi connectivity index (χ0v) is 16.7. The highest BCUT2D eigenvalue weighted by Gasteiger charge is 2.27. The van der Waals surface area contributed by atoms with Crippen LogP contribution in [-0.2, 0) is 10.0 Å². The summed E-state index contributed by atoms with van der Waals surface area (Å²) >= 11 is 0. The molecule has 1 aliphatic rings. The fraction of sp³-hybridized carbons (Fsp3) is 0.238. The number of aryl methyl sites for hydroxylation is 1. The summed E-state index contributed by atoms with van der Waals surface area (Å²) in [4.78, 5) is 17.2. The number of hydrogen-bond acceptors (Lipinski definition) is 4. The number of anilines is 1. The number of carbonyl (C=O) groups excluding carboxylic acids is 1. The van der Waals surface area contributed by atoms with Gasteiger partial charge in [-0.05, 0) is 68.3 Å². The lowest BCUT2D eigenvalue weighted by Crippen LogP contribution is -2.27. The molecule has 1 fully saturated rings. The van der Waals surface area contributed by atoms with Crippen LogP contribution in [0.1, 0.15) is 28.9 Å². The van der Waals surface area contributed by atoms with Crippen LogP contribution in [0.2, 0.25) is 0 Å². The van der Waals surface area contributed by atoms with Gasteiger partial charge in [-0.2, -0.15) is 4.31 Å². The standard InChI is InChI=1S/C21H20FN3O3S/c1-14-12-20(18-13-16(22)6-9-19(18)23-14)24-21(26)15-4-7-17(8-5-15)29(27,28)25-10-2-3-11-25/h4-9,12-13H,2-3,10-11H2,1H3,(H,23,24,26). The van der Waals surface area contributed by atoms with Crippen LogP contribution in [0.25, 0.3) is 10.9 Å². The minimum atomic E-state index is -3.53. The lowest BCUT2D eigenvalue weighted by atomic mass is 10.1. The first-order chi connectivity index (χ1) is 13.8. The van der Waals surface area contributed by atoms with E-state index in [9.17, 15) is 17.6 Å². The molecule has 1 N–H and O–H groups in total. The number of carbonyl (C=O) groups is 1. The normalized spacial score (nSPS) is 15.0. The number of hydrogen-bond donors (Lipinski definition) is 1. The Balaban J connectivity index is 1.60. The largest absolute Gasteiger partial charge is 0.321 e. The van der Waals surface area contributed by atoms with Crippen molar-refractivity contribution in [1.82, 2.24) is 9.29 Å². The molecule has 0 radical (unpaired) electrons. The van der Waals surface area contributed by atoms with Crippen LogP contribution in [0.3, 0.4) is 0 Å². The van der Waals surface area contributed by atoms with E-state index < -0.39 is 21.7 Å². The van der Waals surface area contributed by atoms with Crippen LogP contribution < -0.4 is 5.32 Å². The van der Waals surface area contributed by atoms with E-state index >= 15 is 0 Å². The monoisotopic (exact) mass is 413 g/mol. The Hall–Kier alpha value is -2.84. The van der Waals surface area contributed by atoms with Crippen molar-refractivity contribution < 1.29 is 17.6 Å². The van der Waals surface area contributed by atoms with Gasteiger partial charge in [-0.15, -0.1) is 0 Å². The van der Waals surface area contributed by atoms with Gasteiger partial charge in [-0.1, -0.05) is 0 Å². The van der Waals surface area contributed by atoms with Gasteiger partial charge >= 0.3 is 0 Å². The van der Waals surface area contributed by atoms with Crippen molar-refractivity contribution in [1.29, 1.82) is 0 Å². The van der Waals surface area contributed by atoms with E-state index in [0.29, 0.717) is 40.9 Å². The van der Waals surface area contributed by atoms with Gasteiger partial charge in [0.1, 0.15) is 5.82 Å². The topological polar surface area (TPSA) is 79.4 Å². The van der Waals surface area contributed by atoms with E-state index in [4.69, 9.17) is 0 Å². The van der Waals surface area contributed by atoms with Crippen LogP contribution in [-0.4, -0.2) is 36.7 Å². The van der Waals surface area contributed by atoms with Crippen LogP contribution in [0, 0.1) is 12.7 Å². The Kier molecular flexibility index (Phi) is 5.06. The quantitative estimate of drug-likeness (QED) is 0.707. The van der Waals surface area contributed by atoms with Crippen molar-refractivity contribution in [3.63, 3.8) is 0 Å². The lowest BCUT2D eigenvalue weighted by molar-refractivity contribution is 0.102. The first-order valence-electron chi connectivity index (χ1n) is 9.33. The van der Waals surface area contributed by atoms with E-state index in [-0.39, 0.29) is 4.90 Å². The molecule has 0 atom stereocenters. The summed E-state index contributed by atoms with van der Waals surface area (Å²) < 4.78 is 40.3. The molecular weight excluding hydrogens is 393 g/mol. The van der Waals surface area contributed by atoms with Crippen LogP contribution in [0.15, 0.2) is 53.4 Å². The van der Waals surface area contributed by atoms with Crippen molar-refractivity contribution in [2.75, 3.05) is 18.4 Å². The highest BCUT2D eigenvalue weighted by Crippen LogP contribution is 2.25. The Morgan fingerprint density at radius 1 is 1.07 bits per heavy atom. The molecule has 0 spiro atoms. The number of pyridine rings is 1. The predicted octanol–water partition coefficient (Wildman–Crippen LogP) is 3.72. The van der Waals surface area contributed by atoms with Gasteiger partial charge in [0.25, 0.3) is 5.91 Å². The van der Waals surface area contributed by atoms with Crippen molar-refractivity contribution in [3.05, 3.63) is 65.6 Å². The maximum absolute atomic E-state index is 13.7. The maximum atomic E-state index is 13.7.